The smallest absolute Gasteiger partial charge is 0.227 e. The second kappa shape index (κ2) is 7.65. The van der Waals surface area contributed by atoms with Crippen molar-refractivity contribution in [3.05, 3.63) is 18.2 Å². The van der Waals surface area contributed by atoms with E-state index in [1.807, 2.05) is 32.0 Å². The maximum absolute atomic E-state index is 12.9. The van der Waals surface area contributed by atoms with Crippen molar-refractivity contribution in [3.63, 3.8) is 0 Å². The number of methoxy groups -OCH3 is 1. The van der Waals surface area contributed by atoms with Gasteiger partial charge in [0.1, 0.15) is 11.5 Å². The maximum atomic E-state index is 12.9. The van der Waals surface area contributed by atoms with Crippen LogP contribution in [0.15, 0.2) is 18.2 Å². The summed E-state index contributed by atoms with van der Waals surface area (Å²) in [5.41, 5.74) is 7.03. The van der Waals surface area contributed by atoms with E-state index in [9.17, 15) is 4.79 Å². The quantitative estimate of drug-likeness (QED) is 0.855. The summed E-state index contributed by atoms with van der Waals surface area (Å²) in [5.74, 6) is 2.46. The van der Waals surface area contributed by atoms with Gasteiger partial charge in [-0.15, -0.1) is 0 Å². The molecule has 2 aliphatic carbocycles. The molecule has 0 heterocycles. The second-order valence-corrected chi connectivity index (χ2v) is 7.71. The summed E-state index contributed by atoms with van der Waals surface area (Å²) < 4.78 is 11.1. The molecule has 0 aliphatic heterocycles. The average Bonchev–Trinajstić information content (AvgIpc) is 2.55. The summed E-state index contributed by atoms with van der Waals surface area (Å²) in [5, 5.41) is 3.08. The van der Waals surface area contributed by atoms with Gasteiger partial charge in [0.05, 0.1) is 18.9 Å². The number of amides is 1. The molecule has 5 heteroatoms. The number of ether oxygens (including phenoxy) is 2. The van der Waals surface area contributed by atoms with Crippen LogP contribution in [0.5, 0.6) is 11.5 Å². The van der Waals surface area contributed by atoms with Crippen LogP contribution in [0, 0.1) is 17.8 Å². The largest absolute Gasteiger partial charge is 0.497 e. The molecule has 0 radical (unpaired) electrons. The van der Waals surface area contributed by atoms with Gasteiger partial charge >= 0.3 is 0 Å². The lowest BCUT2D eigenvalue weighted by Gasteiger charge is -2.43. The first-order chi connectivity index (χ1) is 12.0. The molecule has 2 atom stereocenters. The Morgan fingerprint density at radius 2 is 1.92 bits per heavy atom. The highest BCUT2D eigenvalue weighted by Crippen LogP contribution is 2.42. The molecule has 2 unspecified atom stereocenters. The summed E-state index contributed by atoms with van der Waals surface area (Å²) in [6.45, 7) is 3.94. The van der Waals surface area contributed by atoms with E-state index in [1.165, 1.54) is 6.42 Å². The molecule has 1 aromatic rings. The summed E-state index contributed by atoms with van der Waals surface area (Å²) in [7, 11) is 1.62. The highest BCUT2D eigenvalue weighted by atomic mass is 16.5. The first kappa shape index (κ1) is 18.1. The Hall–Kier alpha value is -1.75. The van der Waals surface area contributed by atoms with Crippen LogP contribution in [0.3, 0.4) is 0 Å². The summed E-state index contributed by atoms with van der Waals surface area (Å²) in [6, 6.07) is 5.79. The van der Waals surface area contributed by atoms with Gasteiger partial charge in [-0.25, -0.2) is 0 Å². The monoisotopic (exact) mass is 346 g/mol. The van der Waals surface area contributed by atoms with Gasteiger partial charge in [-0.05, 0) is 63.5 Å². The molecule has 2 fully saturated rings. The van der Waals surface area contributed by atoms with E-state index >= 15 is 0 Å². The SMILES string of the molecule is COc1ccc(OC(C)C)c(NC(=O)C2CC3CCCC(C2)C3N)c1. The van der Waals surface area contributed by atoms with Crippen LogP contribution in [0.25, 0.3) is 0 Å². The van der Waals surface area contributed by atoms with Gasteiger partial charge in [0, 0.05) is 18.0 Å². The molecule has 0 aromatic heterocycles. The van der Waals surface area contributed by atoms with Crippen molar-refractivity contribution in [2.24, 2.45) is 23.5 Å². The number of carbonyl (C=O) groups is 1. The number of anilines is 1. The molecule has 138 valence electrons. The number of hydrogen-bond donors (Lipinski definition) is 2. The van der Waals surface area contributed by atoms with Gasteiger partial charge in [-0.1, -0.05) is 6.42 Å². The van der Waals surface area contributed by atoms with Gasteiger partial charge in [-0.2, -0.15) is 0 Å². The second-order valence-electron chi connectivity index (χ2n) is 7.71. The van der Waals surface area contributed by atoms with Crippen LogP contribution in [-0.2, 0) is 4.79 Å². The molecule has 2 bridgehead atoms. The Kier molecular flexibility index (Phi) is 5.52. The molecule has 3 N–H and O–H groups in total. The van der Waals surface area contributed by atoms with Crippen molar-refractivity contribution in [3.8, 4) is 11.5 Å². The Labute approximate surface area is 150 Å². The fraction of sp³-hybridized carbons (Fsp3) is 0.650. The molecule has 2 saturated carbocycles. The molecule has 5 nitrogen and oxygen atoms in total. The molecule has 1 aromatic carbocycles. The number of nitrogens with two attached hydrogens (primary N) is 1. The molecular formula is C20H30N2O3. The standard InChI is InChI=1S/C20H30N2O3/c1-12(2)25-18-8-7-16(24-3)11-17(18)22-20(23)15-9-13-5-4-6-14(10-15)19(13)21/h7-8,11-15,19H,4-6,9-10,21H2,1-3H3,(H,22,23). The van der Waals surface area contributed by atoms with Crippen molar-refractivity contribution in [2.45, 2.75) is 58.1 Å². The third-order valence-electron chi connectivity index (χ3n) is 5.59. The van der Waals surface area contributed by atoms with E-state index < -0.39 is 0 Å². The number of benzene rings is 1. The number of carbonyl (C=O) groups excluding carboxylic acids is 1. The molecule has 3 rings (SSSR count). The molecule has 0 spiro atoms. The minimum absolute atomic E-state index is 0.0354. The Balaban J connectivity index is 1.74. The minimum Gasteiger partial charge on any atom is -0.497 e. The van der Waals surface area contributed by atoms with Crippen molar-refractivity contribution in [1.82, 2.24) is 0 Å². The highest BCUT2D eigenvalue weighted by Gasteiger charge is 2.40. The fourth-order valence-electron chi connectivity index (χ4n) is 4.33. The van der Waals surface area contributed by atoms with Gasteiger partial charge < -0.3 is 20.5 Å². The minimum atomic E-state index is 0.0354. The third-order valence-corrected chi connectivity index (χ3v) is 5.59. The van der Waals surface area contributed by atoms with E-state index in [2.05, 4.69) is 5.32 Å². The average molecular weight is 346 g/mol. The molecule has 2 aliphatic rings. The van der Waals surface area contributed by atoms with Crippen molar-refractivity contribution < 1.29 is 14.3 Å². The number of rotatable bonds is 5. The normalized spacial score (nSPS) is 28.5. The number of nitrogens with one attached hydrogen (secondary N) is 1. The Morgan fingerprint density at radius 1 is 1.24 bits per heavy atom. The zero-order chi connectivity index (χ0) is 18.0. The van der Waals surface area contributed by atoms with Crippen molar-refractivity contribution in [1.29, 1.82) is 0 Å². The van der Waals surface area contributed by atoms with Crippen molar-refractivity contribution in [2.75, 3.05) is 12.4 Å². The summed E-state index contributed by atoms with van der Waals surface area (Å²) in [6.07, 6.45) is 5.39. The molecular weight excluding hydrogens is 316 g/mol. The lowest BCUT2D eigenvalue weighted by molar-refractivity contribution is -0.122. The first-order valence-electron chi connectivity index (χ1n) is 9.39. The van der Waals surface area contributed by atoms with Crippen LogP contribution in [0.1, 0.15) is 46.0 Å². The van der Waals surface area contributed by atoms with Crippen LogP contribution >= 0.6 is 0 Å². The zero-order valence-corrected chi connectivity index (χ0v) is 15.5. The van der Waals surface area contributed by atoms with E-state index in [1.54, 1.807) is 7.11 Å². The lowest BCUT2D eigenvalue weighted by atomic mass is 9.65. The summed E-state index contributed by atoms with van der Waals surface area (Å²) in [4.78, 5) is 12.9. The highest BCUT2D eigenvalue weighted by molar-refractivity contribution is 5.94. The van der Waals surface area contributed by atoms with Crippen LogP contribution in [0.4, 0.5) is 5.69 Å². The molecule has 0 saturated heterocycles. The van der Waals surface area contributed by atoms with Gasteiger partial charge in [0.2, 0.25) is 5.91 Å². The van der Waals surface area contributed by atoms with Gasteiger partial charge in [-0.3, -0.25) is 4.79 Å². The van der Waals surface area contributed by atoms with E-state index in [0.717, 1.165) is 25.7 Å². The summed E-state index contributed by atoms with van der Waals surface area (Å²) >= 11 is 0. The van der Waals surface area contributed by atoms with Crippen LogP contribution in [0.2, 0.25) is 0 Å². The van der Waals surface area contributed by atoms with E-state index in [0.29, 0.717) is 29.0 Å². The van der Waals surface area contributed by atoms with Gasteiger partial charge in [0.25, 0.3) is 0 Å². The predicted octanol–water partition coefficient (Wildman–Crippen LogP) is 3.57. The van der Waals surface area contributed by atoms with E-state index in [-0.39, 0.29) is 24.0 Å². The number of hydrogen-bond acceptors (Lipinski definition) is 4. The lowest BCUT2D eigenvalue weighted by Crippen LogP contribution is -2.48. The third kappa shape index (κ3) is 4.09. The Morgan fingerprint density at radius 3 is 2.52 bits per heavy atom. The predicted molar refractivity (Wildman–Crippen MR) is 98.9 cm³/mol. The maximum Gasteiger partial charge on any atom is 0.227 e. The van der Waals surface area contributed by atoms with Crippen LogP contribution < -0.4 is 20.5 Å². The van der Waals surface area contributed by atoms with Crippen LogP contribution in [-0.4, -0.2) is 25.2 Å². The van der Waals surface area contributed by atoms with E-state index in [4.69, 9.17) is 15.2 Å². The zero-order valence-electron chi connectivity index (χ0n) is 15.5. The topological polar surface area (TPSA) is 73.6 Å². The van der Waals surface area contributed by atoms with Crippen molar-refractivity contribution >= 4 is 11.6 Å². The molecule has 25 heavy (non-hydrogen) atoms. The number of fused-ring (bicyclic) bond motifs is 2. The molecule has 1 amide bonds. The van der Waals surface area contributed by atoms with Gasteiger partial charge in [0.15, 0.2) is 0 Å². The fourth-order valence-corrected chi connectivity index (χ4v) is 4.33. The first-order valence-corrected chi connectivity index (χ1v) is 9.39. The Bertz CT molecular complexity index is 603.